The zero-order chi connectivity index (χ0) is 10.7. The molecule has 0 radical (unpaired) electrons. The van der Waals surface area contributed by atoms with Gasteiger partial charge in [-0.15, -0.1) is 0 Å². The fraction of sp³-hybridized carbons (Fsp3) is 0.375. The molecule has 0 aromatic carbocycles. The predicted molar refractivity (Wildman–Crippen MR) is 48.2 cm³/mol. The highest BCUT2D eigenvalue weighted by atomic mass is 16.4. The number of aromatic amines is 1. The SMILES string of the molecule is CC(Cc1[nH]nc(N)c1C#N)C(=O)O. The maximum absolute atomic E-state index is 10.6. The van der Waals surface area contributed by atoms with Crippen LogP contribution in [-0.4, -0.2) is 21.3 Å². The quantitative estimate of drug-likeness (QED) is 0.632. The van der Waals surface area contributed by atoms with E-state index in [0.717, 1.165) is 0 Å². The summed E-state index contributed by atoms with van der Waals surface area (Å²) in [6.45, 7) is 1.56. The zero-order valence-electron chi connectivity index (χ0n) is 7.61. The smallest absolute Gasteiger partial charge is 0.306 e. The van der Waals surface area contributed by atoms with Gasteiger partial charge in [0, 0.05) is 6.42 Å². The number of nitriles is 1. The van der Waals surface area contributed by atoms with Crippen LogP contribution in [-0.2, 0) is 11.2 Å². The molecule has 6 heteroatoms. The molecule has 0 saturated heterocycles. The third kappa shape index (κ3) is 1.82. The summed E-state index contributed by atoms with van der Waals surface area (Å²) in [6, 6.07) is 1.88. The molecule has 0 fully saturated rings. The summed E-state index contributed by atoms with van der Waals surface area (Å²) in [5, 5.41) is 23.6. The Morgan fingerprint density at radius 1 is 1.86 bits per heavy atom. The molecular formula is C8H10N4O2. The molecule has 1 atom stereocenters. The highest BCUT2D eigenvalue weighted by molar-refractivity contribution is 5.70. The van der Waals surface area contributed by atoms with E-state index < -0.39 is 11.9 Å². The number of nitrogen functional groups attached to an aromatic ring is 1. The largest absolute Gasteiger partial charge is 0.481 e. The van der Waals surface area contributed by atoms with Crippen molar-refractivity contribution in [1.82, 2.24) is 10.2 Å². The van der Waals surface area contributed by atoms with Crippen LogP contribution in [0.15, 0.2) is 0 Å². The Hall–Kier alpha value is -2.03. The number of carboxylic acids is 1. The standard InChI is InChI=1S/C8H10N4O2/c1-4(8(13)14)2-6-5(3-9)7(10)12-11-6/h4H,2H2,1H3,(H,13,14)(H3,10,11,12). The molecule has 0 aliphatic heterocycles. The second-order valence-electron chi connectivity index (χ2n) is 3.02. The van der Waals surface area contributed by atoms with Crippen molar-refractivity contribution in [2.75, 3.05) is 5.73 Å². The third-order valence-electron chi connectivity index (χ3n) is 1.91. The lowest BCUT2D eigenvalue weighted by atomic mass is 10.0. The van der Waals surface area contributed by atoms with Crippen LogP contribution in [0.3, 0.4) is 0 Å². The van der Waals surface area contributed by atoms with E-state index in [9.17, 15) is 4.79 Å². The maximum atomic E-state index is 10.6. The van der Waals surface area contributed by atoms with E-state index >= 15 is 0 Å². The summed E-state index contributed by atoms with van der Waals surface area (Å²) >= 11 is 0. The normalized spacial score (nSPS) is 12.0. The molecule has 1 rings (SSSR count). The number of aliphatic carboxylic acids is 1. The molecule has 0 aliphatic carbocycles. The zero-order valence-corrected chi connectivity index (χ0v) is 7.61. The Morgan fingerprint density at radius 2 is 2.50 bits per heavy atom. The first-order valence-corrected chi connectivity index (χ1v) is 4.02. The molecule has 1 aromatic rings. The van der Waals surface area contributed by atoms with Crippen molar-refractivity contribution in [1.29, 1.82) is 5.26 Å². The van der Waals surface area contributed by atoms with Gasteiger partial charge in [0.1, 0.15) is 11.6 Å². The van der Waals surface area contributed by atoms with Gasteiger partial charge >= 0.3 is 5.97 Å². The van der Waals surface area contributed by atoms with Gasteiger partial charge in [-0.25, -0.2) is 0 Å². The van der Waals surface area contributed by atoms with E-state index in [-0.39, 0.29) is 17.8 Å². The second kappa shape index (κ2) is 3.79. The van der Waals surface area contributed by atoms with Crippen molar-refractivity contribution in [3.63, 3.8) is 0 Å². The Balaban J connectivity index is 2.88. The topological polar surface area (TPSA) is 116 Å². The molecular weight excluding hydrogens is 184 g/mol. The molecule has 0 bridgehead atoms. The van der Waals surface area contributed by atoms with Crippen LogP contribution >= 0.6 is 0 Å². The lowest BCUT2D eigenvalue weighted by Crippen LogP contribution is -2.13. The summed E-state index contributed by atoms with van der Waals surface area (Å²) < 4.78 is 0. The van der Waals surface area contributed by atoms with Gasteiger partial charge < -0.3 is 10.8 Å². The van der Waals surface area contributed by atoms with Crippen LogP contribution in [0.2, 0.25) is 0 Å². The van der Waals surface area contributed by atoms with Crippen molar-refractivity contribution in [2.24, 2.45) is 5.92 Å². The first-order chi connectivity index (χ1) is 6.56. The molecule has 6 nitrogen and oxygen atoms in total. The van der Waals surface area contributed by atoms with Crippen LogP contribution in [0.4, 0.5) is 5.82 Å². The third-order valence-corrected chi connectivity index (χ3v) is 1.91. The molecule has 0 spiro atoms. The molecule has 1 unspecified atom stereocenters. The van der Waals surface area contributed by atoms with Gasteiger partial charge in [-0.2, -0.15) is 10.4 Å². The number of nitrogens with one attached hydrogen (secondary N) is 1. The predicted octanol–water partition coefficient (Wildman–Crippen LogP) is 0.127. The maximum Gasteiger partial charge on any atom is 0.306 e. The Kier molecular flexibility index (Phi) is 2.72. The number of aromatic nitrogens is 2. The van der Waals surface area contributed by atoms with E-state index in [0.29, 0.717) is 5.69 Å². The minimum absolute atomic E-state index is 0.111. The number of hydrogen-bond acceptors (Lipinski definition) is 4. The minimum Gasteiger partial charge on any atom is -0.481 e. The van der Waals surface area contributed by atoms with Crippen LogP contribution < -0.4 is 5.73 Å². The number of anilines is 1. The molecule has 4 N–H and O–H groups in total. The van der Waals surface area contributed by atoms with Gasteiger partial charge in [0.25, 0.3) is 0 Å². The number of hydrogen-bond donors (Lipinski definition) is 3. The number of H-pyrrole nitrogens is 1. The summed E-state index contributed by atoms with van der Waals surface area (Å²) in [6.07, 6.45) is 0.225. The van der Waals surface area contributed by atoms with Crippen LogP contribution in [0.5, 0.6) is 0 Å². The van der Waals surface area contributed by atoms with Crippen molar-refractivity contribution < 1.29 is 9.90 Å². The minimum atomic E-state index is -0.915. The van der Waals surface area contributed by atoms with Crippen LogP contribution in [0.1, 0.15) is 18.2 Å². The van der Waals surface area contributed by atoms with Crippen molar-refractivity contribution in [3.05, 3.63) is 11.3 Å². The first-order valence-electron chi connectivity index (χ1n) is 4.02. The summed E-state index contributed by atoms with van der Waals surface area (Å²) in [5.41, 5.74) is 6.10. The molecule has 74 valence electrons. The van der Waals surface area contributed by atoms with Gasteiger partial charge in [0.2, 0.25) is 0 Å². The van der Waals surface area contributed by atoms with Crippen molar-refractivity contribution in [2.45, 2.75) is 13.3 Å². The van der Waals surface area contributed by atoms with Gasteiger partial charge in [0.15, 0.2) is 5.82 Å². The van der Waals surface area contributed by atoms with E-state index in [1.165, 1.54) is 0 Å². The van der Waals surface area contributed by atoms with Gasteiger partial charge in [-0.1, -0.05) is 6.92 Å². The van der Waals surface area contributed by atoms with Crippen LogP contribution in [0, 0.1) is 17.2 Å². The Labute approximate surface area is 80.3 Å². The van der Waals surface area contributed by atoms with Gasteiger partial charge in [0.05, 0.1) is 11.6 Å². The van der Waals surface area contributed by atoms with E-state index in [1.54, 1.807) is 6.92 Å². The summed E-state index contributed by atoms with van der Waals surface area (Å²) in [5.74, 6) is -1.37. The highest BCUT2D eigenvalue weighted by Gasteiger charge is 2.17. The fourth-order valence-corrected chi connectivity index (χ4v) is 1.06. The van der Waals surface area contributed by atoms with Gasteiger partial charge in [-0.3, -0.25) is 9.89 Å². The molecule has 0 aliphatic rings. The number of carbonyl (C=O) groups is 1. The first kappa shape index (κ1) is 10.1. The second-order valence-corrected chi connectivity index (χ2v) is 3.02. The van der Waals surface area contributed by atoms with Crippen molar-refractivity contribution >= 4 is 11.8 Å². The molecule has 1 aromatic heterocycles. The number of rotatable bonds is 3. The molecule has 0 saturated carbocycles. The lowest BCUT2D eigenvalue weighted by molar-refractivity contribution is -0.141. The summed E-state index contributed by atoms with van der Waals surface area (Å²) in [4.78, 5) is 10.6. The number of nitrogens with zero attached hydrogens (tertiary/aromatic N) is 2. The van der Waals surface area contributed by atoms with Gasteiger partial charge in [-0.05, 0) is 0 Å². The molecule has 0 amide bonds. The van der Waals surface area contributed by atoms with Crippen LogP contribution in [0.25, 0.3) is 0 Å². The highest BCUT2D eigenvalue weighted by Crippen LogP contribution is 2.15. The number of carboxylic acid groups (broad SMARTS) is 1. The average Bonchev–Trinajstić information content (AvgIpc) is 2.46. The molecule has 14 heavy (non-hydrogen) atoms. The lowest BCUT2D eigenvalue weighted by Gasteiger charge is -2.03. The van der Waals surface area contributed by atoms with E-state index in [4.69, 9.17) is 16.1 Å². The van der Waals surface area contributed by atoms with Crippen molar-refractivity contribution in [3.8, 4) is 6.07 Å². The summed E-state index contributed by atoms with van der Waals surface area (Å²) in [7, 11) is 0. The monoisotopic (exact) mass is 194 g/mol. The molecule has 1 heterocycles. The van der Waals surface area contributed by atoms with E-state index in [2.05, 4.69) is 10.2 Å². The fourth-order valence-electron chi connectivity index (χ4n) is 1.06. The number of nitrogens with two attached hydrogens (primary N) is 1. The Morgan fingerprint density at radius 3 is 3.00 bits per heavy atom. The average molecular weight is 194 g/mol. The van der Waals surface area contributed by atoms with E-state index in [1.807, 2.05) is 6.07 Å². The Bertz CT molecular complexity index is 391.